The van der Waals surface area contributed by atoms with E-state index in [1.807, 2.05) is 29.0 Å². The van der Waals surface area contributed by atoms with Gasteiger partial charge in [0.2, 0.25) is 10.0 Å². The van der Waals surface area contributed by atoms with Gasteiger partial charge in [0.15, 0.2) is 0 Å². The van der Waals surface area contributed by atoms with E-state index in [4.69, 9.17) is 0 Å². The Morgan fingerprint density at radius 2 is 1.97 bits per heavy atom. The molecular formula is C24H26N4O3S. The number of hydrogen-bond donors (Lipinski definition) is 2. The molecule has 0 bridgehead atoms. The Bertz CT molecular complexity index is 1410. The van der Waals surface area contributed by atoms with Crippen LogP contribution in [0.25, 0.3) is 21.8 Å². The van der Waals surface area contributed by atoms with Crippen LogP contribution in [0.2, 0.25) is 0 Å². The standard InChI is InChI=1S/C24H26N4O3S/c1-4-13-28-22-10-9-19(32(30,31)27(2)3)14-18(22)15-23(28)24(29)25-12-11-17-16-26-21-8-6-5-7-20(17)21/h4-10,14-16,26H,1,11-13H2,2-3H3,(H,25,29). The van der Waals surface area contributed by atoms with Crippen LogP contribution in [0.5, 0.6) is 0 Å². The summed E-state index contributed by atoms with van der Waals surface area (Å²) in [5.74, 6) is -0.208. The largest absolute Gasteiger partial charge is 0.361 e. The van der Waals surface area contributed by atoms with Crippen LogP contribution in [0.3, 0.4) is 0 Å². The number of rotatable bonds is 8. The van der Waals surface area contributed by atoms with Crippen LogP contribution in [0.4, 0.5) is 0 Å². The third kappa shape index (κ3) is 3.94. The van der Waals surface area contributed by atoms with E-state index in [0.29, 0.717) is 30.6 Å². The first-order chi connectivity index (χ1) is 15.3. The van der Waals surface area contributed by atoms with Crippen LogP contribution in [-0.4, -0.2) is 48.8 Å². The van der Waals surface area contributed by atoms with Crippen LogP contribution >= 0.6 is 0 Å². The molecule has 0 aliphatic heterocycles. The van der Waals surface area contributed by atoms with Crippen molar-refractivity contribution < 1.29 is 13.2 Å². The molecule has 0 atom stereocenters. The van der Waals surface area contributed by atoms with E-state index in [1.165, 1.54) is 18.4 Å². The summed E-state index contributed by atoms with van der Waals surface area (Å²) in [4.78, 5) is 16.4. The third-order valence-electron chi connectivity index (χ3n) is 5.55. The normalized spacial score (nSPS) is 12.0. The zero-order valence-electron chi connectivity index (χ0n) is 18.1. The Morgan fingerprint density at radius 1 is 1.19 bits per heavy atom. The maximum absolute atomic E-state index is 13.0. The fourth-order valence-corrected chi connectivity index (χ4v) is 4.81. The summed E-state index contributed by atoms with van der Waals surface area (Å²) in [7, 11) is -0.571. The van der Waals surface area contributed by atoms with Crippen molar-refractivity contribution in [2.75, 3.05) is 20.6 Å². The molecule has 0 fully saturated rings. The Morgan fingerprint density at radius 3 is 2.72 bits per heavy atom. The number of allylic oxidation sites excluding steroid dienone is 1. The van der Waals surface area contributed by atoms with Gasteiger partial charge in [-0.2, -0.15) is 0 Å². The molecule has 0 radical (unpaired) electrons. The molecule has 0 saturated heterocycles. The second-order valence-corrected chi connectivity index (χ2v) is 9.95. The highest BCUT2D eigenvalue weighted by Crippen LogP contribution is 2.25. The van der Waals surface area contributed by atoms with Crippen molar-refractivity contribution in [2.45, 2.75) is 17.9 Å². The zero-order valence-corrected chi connectivity index (χ0v) is 18.9. The molecule has 32 heavy (non-hydrogen) atoms. The zero-order chi connectivity index (χ0) is 22.9. The van der Waals surface area contributed by atoms with E-state index in [2.05, 4.69) is 22.9 Å². The van der Waals surface area contributed by atoms with Crippen molar-refractivity contribution in [3.63, 3.8) is 0 Å². The Balaban J connectivity index is 1.58. The summed E-state index contributed by atoms with van der Waals surface area (Å²) in [6.45, 7) is 4.71. The topological polar surface area (TPSA) is 87.2 Å². The summed E-state index contributed by atoms with van der Waals surface area (Å²) in [5.41, 5.74) is 3.47. The molecule has 2 N–H and O–H groups in total. The summed E-state index contributed by atoms with van der Waals surface area (Å²) >= 11 is 0. The molecule has 2 aromatic heterocycles. The van der Waals surface area contributed by atoms with Crippen molar-refractivity contribution in [1.82, 2.24) is 19.2 Å². The van der Waals surface area contributed by atoms with Gasteiger partial charge >= 0.3 is 0 Å². The molecule has 8 heteroatoms. The van der Waals surface area contributed by atoms with Crippen LogP contribution in [0.1, 0.15) is 16.1 Å². The van der Waals surface area contributed by atoms with Gasteiger partial charge in [-0.05, 0) is 42.3 Å². The first-order valence-corrected chi connectivity index (χ1v) is 11.8. The van der Waals surface area contributed by atoms with Crippen molar-refractivity contribution in [3.05, 3.63) is 78.6 Å². The summed E-state index contributed by atoms with van der Waals surface area (Å²) in [5, 5.41) is 4.83. The van der Waals surface area contributed by atoms with Crippen LogP contribution < -0.4 is 5.32 Å². The van der Waals surface area contributed by atoms with E-state index in [-0.39, 0.29) is 10.8 Å². The lowest BCUT2D eigenvalue weighted by molar-refractivity contribution is 0.0946. The predicted octanol–water partition coefficient (Wildman–Crippen LogP) is 3.53. The van der Waals surface area contributed by atoms with E-state index >= 15 is 0 Å². The average molecular weight is 451 g/mol. The van der Waals surface area contributed by atoms with Gasteiger partial charge < -0.3 is 14.9 Å². The molecule has 0 unspecified atom stereocenters. The van der Waals surface area contributed by atoms with E-state index in [0.717, 1.165) is 22.0 Å². The first-order valence-electron chi connectivity index (χ1n) is 10.3. The maximum Gasteiger partial charge on any atom is 0.267 e. The number of amides is 1. The van der Waals surface area contributed by atoms with E-state index in [9.17, 15) is 13.2 Å². The van der Waals surface area contributed by atoms with Crippen LogP contribution in [0.15, 0.2) is 72.3 Å². The number of fused-ring (bicyclic) bond motifs is 2. The Kier molecular flexibility index (Phi) is 5.90. The summed E-state index contributed by atoms with van der Waals surface area (Å²) < 4.78 is 28.0. The molecule has 4 rings (SSSR count). The number of hydrogen-bond acceptors (Lipinski definition) is 3. The van der Waals surface area contributed by atoms with Gasteiger partial charge in [-0.15, -0.1) is 6.58 Å². The number of benzene rings is 2. The SMILES string of the molecule is C=CCn1c(C(=O)NCCc2c[nH]c3ccccc23)cc2cc(S(=O)(=O)N(C)C)ccc21. The van der Waals surface area contributed by atoms with E-state index in [1.54, 1.807) is 30.3 Å². The number of H-pyrrole nitrogens is 1. The minimum atomic E-state index is -3.56. The highest BCUT2D eigenvalue weighted by atomic mass is 32.2. The highest BCUT2D eigenvalue weighted by molar-refractivity contribution is 7.89. The second-order valence-electron chi connectivity index (χ2n) is 7.80. The number of carbonyl (C=O) groups excluding carboxylic acids is 1. The molecule has 7 nitrogen and oxygen atoms in total. The summed E-state index contributed by atoms with van der Waals surface area (Å²) in [6.07, 6.45) is 4.38. The van der Waals surface area contributed by atoms with Gasteiger partial charge in [-0.3, -0.25) is 4.79 Å². The van der Waals surface area contributed by atoms with Crippen LogP contribution in [0, 0.1) is 0 Å². The van der Waals surface area contributed by atoms with Gasteiger partial charge in [0.1, 0.15) is 5.69 Å². The van der Waals surface area contributed by atoms with Gasteiger partial charge in [0, 0.05) is 55.2 Å². The lowest BCUT2D eigenvalue weighted by Gasteiger charge is -2.12. The molecule has 0 saturated carbocycles. The van der Waals surface area contributed by atoms with Crippen LogP contribution in [-0.2, 0) is 23.0 Å². The third-order valence-corrected chi connectivity index (χ3v) is 7.36. The van der Waals surface area contributed by atoms with E-state index < -0.39 is 10.0 Å². The lowest BCUT2D eigenvalue weighted by Crippen LogP contribution is -2.27. The molecule has 166 valence electrons. The molecule has 0 aliphatic carbocycles. The van der Waals surface area contributed by atoms with Gasteiger partial charge in [-0.1, -0.05) is 24.3 Å². The molecule has 0 aliphatic rings. The Labute approximate surface area is 187 Å². The number of nitrogens with zero attached hydrogens (tertiary/aromatic N) is 2. The molecular weight excluding hydrogens is 424 g/mol. The minimum absolute atomic E-state index is 0.192. The van der Waals surface area contributed by atoms with Gasteiger partial charge in [0.05, 0.1) is 4.90 Å². The predicted molar refractivity (Wildman–Crippen MR) is 127 cm³/mol. The Hall–Kier alpha value is -3.36. The molecule has 2 aromatic carbocycles. The molecule has 1 amide bonds. The smallest absolute Gasteiger partial charge is 0.267 e. The number of para-hydroxylation sites is 1. The monoisotopic (exact) mass is 450 g/mol. The van der Waals surface area contributed by atoms with Crippen molar-refractivity contribution in [2.24, 2.45) is 0 Å². The van der Waals surface area contributed by atoms with Crippen molar-refractivity contribution in [1.29, 1.82) is 0 Å². The molecule has 2 heterocycles. The average Bonchev–Trinajstić information content (AvgIpc) is 3.35. The quantitative estimate of drug-likeness (QED) is 0.403. The fraction of sp³-hybridized carbons (Fsp3) is 0.208. The number of aromatic amines is 1. The van der Waals surface area contributed by atoms with Gasteiger partial charge in [-0.25, -0.2) is 12.7 Å². The van der Waals surface area contributed by atoms with Crippen molar-refractivity contribution in [3.8, 4) is 0 Å². The fourth-order valence-electron chi connectivity index (χ4n) is 3.87. The maximum atomic E-state index is 13.0. The molecule has 4 aromatic rings. The number of nitrogens with one attached hydrogen (secondary N) is 2. The number of sulfonamides is 1. The first kappa shape index (κ1) is 21.9. The second kappa shape index (κ2) is 8.64. The number of carbonyl (C=O) groups is 1. The molecule has 0 spiro atoms. The highest BCUT2D eigenvalue weighted by Gasteiger charge is 2.20. The summed E-state index contributed by atoms with van der Waals surface area (Å²) in [6, 6.07) is 14.7. The number of aromatic nitrogens is 2. The van der Waals surface area contributed by atoms with Crippen molar-refractivity contribution >= 4 is 37.7 Å². The minimum Gasteiger partial charge on any atom is -0.361 e. The lowest BCUT2D eigenvalue weighted by atomic mass is 10.1. The van der Waals surface area contributed by atoms with Gasteiger partial charge in [0.25, 0.3) is 5.91 Å².